The number of nitrogens with one attached hydrogen (secondary N) is 1. The van der Waals surface area contributed by atoms with Gasteiger partial charge >= 0.3 is 0 Å². The minimum absolute atomic E-state index is 0.106. The lowest BCUT2D eigenvalue weighted by molar-refractivity contribution is 0.586. The van der Waals surface area contributed by atoms with E-state index in [9.17, 15) is 16.8 Å². The number of rotatable bonds is 3. The molecule has 0 aliphatic carbocycles. The standard InChI is InChI=1S/C15H15NO4S2/c1-11-5-4-6-12(9-11)16-22(19,20)15-10-21(17,18)14-8-3-2-7-13(14)15/h2-9,15-16H,10H2,1H3. The van der Waals surface area contributed by atoms with Crippen LogP contribution in [0.1, 0.15) is 16.4 Å². The van der Waals surface area contributed by atoms with Gasteiger partial charge in [0, 0.05) is 5.69 Å². The molecule has 22 heavy (non-hydrogen) atoms. The normalized spacial score (nSPS) is 19.6. The molecule has 0 spiro atoms. The molecule has 0 amide bonds. The molecule has 1 atom stereocenters. The number of benzene rings is 2. The zero-order valence-corrected chi connectivity index (χ0v) is 13.5. The van der Waals surface area contributed by atoms with E-state index >= 15 is 0 Å². The molecular weight excluding hydrogens is 322 g/mol. The van der Waals surface area contributed by atoms with Crippen LogP contribution in [0.2, 0.25) is 0 Å². The average molecular weight is 337 g/mol. The number of sulfone groups is 1. The van der Waals surface area contributed by atoms with E-state index < -0.39 is 30.9 Å². The van der Waals surface area contributed by atoms with E-state index in [-0.39, 0.29) is 4.90 Å². The predicted octanol–water partition coefficient (Wildman–Crippen LogP) is 2.27. The van der Waals surface area contributed by atoms with Crippen LogP contribution < -0.4 is 4.72 Å². The molecule has 1 aliphatic heterocycles. The molecule has 2 aromatic rings. The lowest BCUT2D eigenvalue weighted by atomic mass is 10.2. The summed E-state index contributed by atoms with van der Waals surface area (Å²) < 4.78 is 51.9. The van der Waals surface area contributed by atoms with Gasteiger partial charge in [0.15, 0.2) is 9.84 Å². The topological polar surface area (TPSA) is 80.3 Å². The first kappa shape index (κ1) is 15.1. The maximum atomic E-state index is 12.6. The summed E-state index contributed by atoms with van der Waals surface area (Å²) in [7, 11) is -7.40. The molecule has 3 rings (SSSR count). The molecule has 1 heterocycles. The largest absolute Gasteiger partial charge is 0.283 e. The summed E-state index contributed by atoms with van der Waals surface area (Å²) in [5.41, 5.74) is 1.68. The van der Waals surface area contributed by atoms with Crippen LogP contribution >= 0.6 is 0 Å². The SMILES string of the molecule is Cc1cccc(NS(=O)(=O)C2CS(=O)(=O)c3ccccc32)c1. The first-order valence-electron chi connectivity index (χ1n) is 6.69. The van der Waals surface area contributed by atoms with Gasteiger partial charge in [-0.15, -0.1) is 0 Å². The average Bonchev–Trinajstić information content (AvgIpc) is 2.72. The van der Waals surface area contributed by atoms with Crippen LogP contribution in [0.4, 0.5) is 5.69 Å². The number of hydrogen-bond acceptors (Lipinski definition) is 4. The van der Waals surface area contributed by atoms with E-state index in [2.05, 4.69) is 4.72 Å². The lowest BCUT2D eigenvalue weighted by Gasteiger charge is -2.14. The van der Waals surface area contributed by atoms with Gasteiger partial charge in [-0.1, -0.05) is 30.3 Å². The van der Waals surface area contributed by atoms with Crippen LogP contribution in [0.3, 0.4) is 0 Å². The Morgan fingerprint density at radius 2 is 1.82 bits per heavy atom. The van der Waals surface area contributed by atoms with E-state index in [1.807, 2.05) is 13.0 Å². The van der Waals surface area contributed by atoms with Crippen molar-refractivity contribution in [1.29, 1.82) is 0 Å². The van der Waals surface area contributed by atoms with Crippen LogP contribution in [0, 0.1) is 6.92 Å². The minimum Gasteiger partial charge on any atom is -0.283 e. The van der Waals surface area contributed by atoms with Crippen molar-refractivity contribution in [2.24, 2.45) is 0 Å². The Hall–Kier alpha value is -1.86. The number of hydrogen-bond donors (Lipinski definition) is 1. The summed E-state index contributed by atoms with van der Waals surface area (Å²) in [4.78, 5) is 0.106. The first-order chi connectivity index (χ1) is 10.3. The zero-order valence-electron chi connectivity index (χ0n) is 11.9. The fraction of sp³-hybridized carbons (Fsp3) is 0.200. The smallest absolute Gasteiger partial charge is 0.240 e. The molecule has 116 valence electrons. The minimum atomic E-state index is -3.84. The van der Waals surface area contributed by atoms with Crippen molar-refractivity contribution in [3.63, 3.8) is 0 Å². The molecule has 0 saturated heterocycles. The summed E-state index contributed by atoms with van der Waals surface area (Å²) >= 11 is 0. The van der Waals surface area contributed by atoms with E-state index in [0.717, 1.165) is 5.56 Å². The molecule has 1 N–H and O–H groups in total. The fourth-order valence-electron chi connectivity index (χ4n) is 2.61. The second kappa shape index (κ2) is 5.10. The van der Waals surface area contributed by atoms with Crippen molar-refractivity contribution >= 4 is 25.5 Å². The molecule has 1 unspecified atom stereocenters. The summed E-state index contributed by atoms with van der Waals surface area (Å²) in [6.45, 7) is 1.85. The Labute approximate surface area is 130 Å². The molecule has 2 aromatic carbocycles. The van der Waals surface area contributed by atoms with Crippen LogP contribution in [0.15, 0.2) is 53.4 Å². The number of aryl methyl sites for hydroxylation is 1. The molecule has 1 aliphatic rings. The Bertz CT molecular complexity index is 934. The third-order valence-corrected chi connectivity index (χ3v) is 7.34. The third kappa shape index (κ3) is 2.62. The van der Waals surface area contributed by atoms with Crippen LogP contribution in [0.25, 0.3) is 0 Å². The molecule has 5 nitrogen and oxygen atoms in total. The van der Waals surface area contributed by atoms with Crippen molar-refractivity contribution in [3.05, 3.63) is 59.7 Å². The molecule has 0 radical (unpaired) electrons. The van der Waals surface area contributed by atoms with Gasteiger partial charge < -0.3 is 0 Å². The van der Waals surface area contributed by atoms with E-state index in [0.29, 0.717) is 11.3 Å². The Kier molecular flexibility index (Phi) is 3.49. The van der Waals surface area contributed by atoms with Crippen LogP contribution in [-0.4, -0.2) is 22.6 Å². The number of fused-ring (bicyclic) bond motifs is 1. The Morgan fingerprint density at radius 1 is 1.09 bits per heavy atom. The van der Waals surface area contributed by atoms with Crippen molar-refractivity contribution in [2.45, 2.75) is 17.1 Å². The van der Waals surface area contributed by atoms with Gasteiger partial charge in [0.05, 0.1) is 10.6 Å². The summed E-state index contributed by atoms with van der Waals surface area (Å²) in [5.74, 6) is -0.423. The van der Waals surface area contributed by atoms with Crippen LogP contribution in [-0.2, 0) is 19.9 Å². The van der Waals surface area contributed by atoms with Crippen LogP contribution in [0.5, 0.6) is 0 Å². The highest BCUT2D eigenvalue weighted by molar-refractivity contribution is 7.96. The molecule has 0 bridgehead atoms. The highest BCUT2D eigenvalue weighted by atomic mass is 32.2. The van der Waals surface area contributed by atoms with Gasteiger partial charge in [-0.05, 0) is 36.2 Å². The van der Waals surface area contributed by atoms with Crippen molar-refractivity contribution in [3.8, 4) is 0 Å². The zero-order chi connectivity index (χ0) is 16.0. The number of anilines is 1. The van der Waals surface area contributed by atoms with Gasteiger partial charge in [0.1, 0.15) is 5.25 Å². The summed E-state index contributed by atoms with van der Waals surface area (Å²) in [6, 6.07) is 13.2. The number of sulfonamides is 1. The highest BCUT2D eigenvalue weighted by Crippen LogP contribution is 2.38. The quantitative estimate of drug-likeness (QED) is 0.931. The Morgan fingerprint density at radius 3 is 2.55 bits per heavy atom. The Balaban J connectivity index is 2.01. The summed E-state index contributed by atoms with van der Waals surface area (Å²) in [6.07, 6.45) is 0. The van der Waals surface area contributed by atoms with Crippen molar-refractivity contribution < 1.29 is 16.8 Å². The molecule has 7 heteroatoms. The van der Waals surface area contributed by atoms with Gasteiger partial charge in [0.25, 0.3) is 0 Å². The molecule has 0 fully saturated rings. The van der Waals surface area contributed by atoms with E-state index in [1.54, 1.807) is 36.4 Å². The second-order valence-corrected chi connectivity index (χ2v) is 9.19. The van der Waals surface area contributed by atoms with Gasteiger partial charge in [0.2, 0.25) is 10.0 Å². The molecular formula is C15H15NO4S2. The maximum Gasteiger partial charge on any atom is 0.240 e. The fourth-order valence-corrected chi connectivity index (χ4v) is 6.69. The van der Waals surface area contributed by atoms with Gasteiger partial charge in [-0.25, -0.2) is 16.8 Å². The monoisotopic (exact) mass is 337 g/mol. The predicted molar refractivity (Wildman–Crippen MR) is 85.0 cm³/mol. The third-order valence-electron chi connectivity index (χ3n) is 3.62. The van der Waals surface area contributed by atoms with Gasteiger partial charge in [-0.3, -0.25) is 4.72 Å². The van der Waals surface area contributed by atoms with Crippen molar-refractivity contribution in [2.75, 3.05) is 10.5 Å². The maximum absolute atomic E-state index is 12.6. The first-order valence-corrected chi connectivity index (χ1v) is 9.89. The lowest BCUT2D eigenvalue weighted by Crippen LogP contribution is -2.22. The van der Waals surface area contributed by atoms with Crippen molar-refractivity contribution in [1.82, 2.24) is 0 Å². The molecule has 0 saturated carbocycles. The molecule has 0 aromatic heterocycles. The highest BCUT2D eigenvalue weighted by Gasteiger charge is 2.42. The summed E-state index contributed by atoms with van der Waals surface area (Å²) in [5, 5.41) is -1.09. The van der Waals surface area contributed by atoms with E-state index in [1.165, 1.54) is 6.07 Å². The second-order valence-electron chi connectivity index (χ2n) is 5.32. The van der Waals surface area contributed by atoms with Gasteiger partial charge in [-0.2, -0.15) is 0 Å². The van der Waals surface area contributed by atoms with E-state index in [4.69, 9.17) is 0 Å².